The Bertz CT molecular complexity index is 495. The normalized spacial score (nSPS) is 30.9. The van der Waals surface area contributed by atoms with Gasteiger partial charge in [0.05, 0.1) is 5.41 Å². The van der Waals surface area contributed by atoms with Crippen LogP contribution in [0.2, 0.25) is 0 Å². The first kappa shape index (κ1) is 12.4. The van der Waals surface area contributed by atoms with Crippen molar-refractivity contribution in [3.8, 4) is 0 Å². The molecule has 106 valence electrons. The van der Waals surface area contributed by atoms with E-state index in [1.807, 2.05) is 6.07 Å². The lowest BCUT2D eigenvalue weighted by Crippen LogP contribution is -2.47. The van der Waals surface area contributed by atoms with Crippen LogP contribution in [0.25, 0.3) is 0 Å². The summed E-state index contributed by atoms with van der Waals surface area (Å²) in [5, 5.41) is 3.48. The second-order valence-electron chi connectivity index (χ2n) is 6.54. The number of nitrogens with one attached hydrogen (secondary N) is 1. The maximum Gasteiger partial charge on any atom is 0.233 e. The monoisotopic (exact) mass is 270 g/mol. The highest BCUT2D eigenvalue weighted by molar-refractivity contribution is 5.92. The van der Waals surface area contributed by atoms with Crippen LogP contribution in [0.1, 0.15) is 37.7 Å². The van der Waals surface area contributed by atoms with Gasteiger partial charge in [0.2, 0.25) is 5.91 Å². The molecule has 1 aliphatic carbocycles. The Hall–Kier alpha value is -1.35. The minimum Gasteiger partial charge on any atom is -0.335 e. The van der Waals surface area contributed by atoms with Crippen molar-refractivity contribution in [3.63, 3.8) is 0 Å². The minimum atomic E-state index is -0.188. The van der Waals surface area contributed by atoms with E-state index in [0.29, 0.717) is 18.0 Å². The van der Waals surface area contributed by atoms with Crippen LogP contribution in [0.4, 0.5) is 0 Å². The van der Waals surface area contributed by atoms with Crippen molar-refractivity contribution in [1.82, 2.24) is 10.2 Å². The van der Waals surface area contributed by atoms with Gasteiger partial charge in [-0.05, 0) is 44.2 Å². The number of carbonyl (C=O) groups is 1. The average Bonchev–Trinajstić information content (AvgIpc) is 3.21. The van der Waals surface area contributed by atoms with E-state index < -0.39 is 0 Å². The van der Waals surface area contributed by atoms with E-state index in [0.717, 1.165) is 32.4 Å². The Labute approximate surface area is 120 Å². The van der Waals surface area contributed by atoms with Gasteiger partial charge < -0.3 is 10.2 Å². The lowest BCUT2D eigenvalue weighted by atomic mass is 9.93. The van der Waals surface area contributed by atoms with Crippen LogP contribution >= 0.6 is 0 Å². The molecular weight excluding hydrogens is 248 g/mol. The van der Waals surface area contributed by atoms with Gasteiger partial charge in [-0.15, -0.1) is 0 Å². The SMILES string of the molecule is O=C(N1C2CCNCC1CC2)C1(c2ccccc2)CC1. The molecule has 4 rings (SSSR count). The second kappa shape index (κ2) is 4.59. The molecule has 0 radical (unpaired) electrons. The summed E-state index contributed by atoms with van der Waals surface area (Å²) >= 11 is 0. The number of hydrogen-bond donors (Lipinski definition) is 1. The molecule has 1 aromatic carbocycles. The number of benzene rings is 1. The smallest absolute Gasteiger partial charge is 0.233 e. The Kier molecular flexibility index (Phi) is 2.84. The Morgan fingerprint density at radius 1 is 1.10 bits per heavy atom. The molecule has 20 heavy (non-hydrogen) atoms. The summed E-state index contributed by atoms with van der Waals surface area (Å²) in [6.07, 6.45) is 5.54. The van der Waals surface area contributed by atoms with E-state index in [2.05, 4.69) is 34.5 Å². The zero-order chi connectivity index (χ0) is 13.6. The van der Waals surface area contributed by atoms with Gasteiger partial charge in [0.15, 0.2) is 0 Å². The van der Waals surface area contributed by atoms with E-state index in [1.165, 1.54) is 18.4 Å². The van der Waals surface area contributed by atoms with E-state index in [9.17, 15) is 4.79 Å². The van der Waals surface area contributed by atoms with Crippen LogP contribution in [0.15, 0.2) is 30.3 Å². The number of hydrogen-bond acceptors (Lipinski definition) is 2. The van der Waals surface area contributed by atoms with Crippen LogP contribution < -0.4 is 5.32 Å². The van der Waals surface area contributed by atoms with Gasteiger partial charge in [0, 0.05) is 18.6 Å². The molecule has 3 heteroatoms. The van der Waals surface area contributed by atoms with Crippen LogP contribution in [-0.4, -0.2) is 36.0 Å². The summed E-state index contributed by atoms with van der Waals surface area (Å²) in [4.78, 5) is 15.4. The predicted molar refractivity (Wildman–Crippen MR) is 78.5 cm³/mol. The molecule has 1 amide bonds. The van der Waals surface area contributed by atoms with Crippen molar-refractivity contribution in [2.45, 2.75) is 49.6 Å². The summed E-state index contributed by atoms with van der Waals surface area (Å²) in [7, 11) is 0. The average molecular weight is 270 g/mol. The van der Waals surface area contributed by atoms with Crippen molar-refractivity contribution in [1.29, 1.82) is 0 Å². The van der Waals surface area contributed by atoms with Crippen LogP contribution in [0.3, 0.4) is 0 Å². The largest absolute Gasteiger partial charge is 0.335 e. The third kappa shape index (κ3) is 1.80. The molecular formula is C17H22N2O. The molecule has 2 atom stereocenters. The number of amides is 1. The molecule has 3 aliphatic rings. The summed E-state index contributed by atoms with van der Waals surface area (Å²) in [6.45, 7) is 2.04. The van der Waals surface area contributed by atoms with Crippen LogP contribution in [0.5, 0.6) is 0 Å². The molecule has 1 saturated carbocycles. The summed E-state index contributed by atoms with van der Waals surface area (Å²) < 4.78 is 0. The van der Waals surface area contributed by atoms with Crippen molar-refractivity contribution >= 4 is 5.91 Å². The second-order valence-corrected chi connectivity index (χ2v) is 6.54. The number of rotatable bonds is 2. The van der Waals surface area contributed by atoms with Gasteiger partial charge in [-0.25, -0.2) is 0 Å². The highest BCUT2D eigenvalue weighted by Crippen LogP contribution is 2.51. The fourth-order valence-electron chi connectivity index (χ4n) is 4.07. The Morgan fingerprint density at radius 2 is 1.85 bits per heavy atom. The van der Waals surface area contributed by atoms with E-state index in [-0.39, 0.29) is 5.41 Å². The summed E-state index contributed by atoms with van der Waals surface area (Å²) in [5.41, 5.74) is 1.04. The number of nitrogens with zero attached hydrogens (tertiary/aromatic N) is 1. The van der Waals surface area contributed by atoms with Crippen molar-refractivity contribution < 1.29 is 4.79 Å². The van der Waals surface area contributed by atoms with Gasteiger partial charge in [-0.3, -0.25) is 4.79 Å². The first-order chi connectivity index (χ1) is 9.81. The first-order valence-corrected chi connectivity index (χ1v) is 7.90. The molecule has 2 aliphatic heterocycles. The maximum atomic E-state index is 13.2. The molecule has 1 aromatic rings. The Morgan fingerprint density at radius 3 is 2.60 bits per heavy atom. The predicted octanol–water partition coefficient (Wildman–Crippen LogP) is 2.07. The maximum absolute atomic E-state index is 13.2. The fourth-order valence-corrected chi connectivity index (χ4v) is 4.07. The molecule has 2 saturated heterocycles. The van der Waals surface area contributed by atoms with E-state index in [1.54, 1.807) is 0 Å². The first-order valence-electron chi connectivity index (χ1n) is 7.90. The number of fused-ring (bicyclic) bond motifs is 2. The molecule has 2 heterocycles. The highest BCUT2D eigenvalue weighted by Gasteiger charge is 2.55. The quantitative estimate of drug-likeness (QED) is 0.892. The molecule has 3 fully saturated rings. The molecule has 3 nitrogen and oxygen atoms in total. The van der Waals surface area contributed by atoms with Crippen molar-refractivity contribution in [2.24, 2.45) is 0 Å². The summed E-state index contributed by atoms with van der Waals surface area (Å²) in [6, 6.07) is 11.3. The lowest BCUT2D eigenvalue weighted by Gasteiger charge is -2.32. The van der Waals surface area contributed by atoms with Crippen LogP contribution in [-0.2, 0) is 10.2 Å². The molecule has 2 unspecified atom stereocenters. The zero-order valence-corrected chi connectivity index (χ0v) is 11.8. The molecule has 0 spiro atoms. The van der Waals surface area contributed by atoms with Gasteiger partial charge in [-0.1, -0.05) is 30.3 Å². The summed E-state index contributed by atoms with van der Waals surface area (Å²) in [5.74, 6) is 0.403. The minimum absolute atomic E-state index is 0.188. The standard InChI is InChI=1S/C17H22N2O/c20-16(17(9-10-17)13-4-2-1-3-5-13)19-14-6-7-15(19)12-18-11-8-14/h1-5,14-15,18H,6-12H2. The van der Waals surface area contributed by atoms with E-state index in [4.69, 9.17) is 0 Å². The third-order valence-electron chi connectivity index (χ3n) is 5.37. The zero-order valence-electron chi connectivity index (χ0n) is 11.8. The van der Waals surface area contributed by atoms with Gasteiger partial charge in [-0.2, -0.15) is 0 Å². The third-order valence-corrected chi connectivity index (χ3v) is 5.37. The lowest BCUT2D eigenvalue weighted by molar-refractivity contribution is -0.136. The molecule has 0 aromatic heterocycles. The van der Waals surface area contributed by atoms with Crippen molar-refractivity contribution in [2.75, 3.05) is 13.1 Å². The van der Waals surface area contributed by atoms with E-state index >= 15 is 0 Å². The molecule has 2 bridgehead atoms. The topological polar surface area (TPSA) is 32.3 Å². The fraction of sp³-hybridized carbons (Fsp3) is 0.588. The van der Waals surface area contributed by atoms with Crippen LogP contribution in [0, 0.1) is 0 Å². The number of carbonyl (C=O) groups excluding carboxylic acids is 1. The van der Waals surface area contributed by atoms with Gasteiger partial charge >= 0.3 is 0 Å². The van der Waals surface area contributed by atoms with Gasteiger partial charge in [0.1, 0.15) is 0 Å². The van der Waals surface area contributed by atoms with Gasteiger partial charge in [0.25, 0.3) is 0 Å². The van der Waals surface area contributed by atoms with Crippen molar-refractivity contribution in [3.05, 3.63) is 35.9 Å². The molecule has 1 N–H and O–H groups in total. The Balaban J connectivity index is 1.64. The highest BCUT2D eigenvalue weighted by atomic mass is 16.2.